The van der Waals surface area contributed by atoms with Gasteiger partial charge in [0.1, 0.15) is 6.54 Å². The molecule has 3 aromatic rings. The van der Waals surface area contributed by atoms with E-state index in [-0.39, 0.29) is 36.2 Å². The van der Waals surface area contributed by atoms with Crippen molar-refractivity contribution in [1.29, 1.82) is 0 Å². The molecule has 3 heterocycles. The fourth-order valence-electron chi connectivity index (χ4n) is 6.42. The van der Waals surface area contributed by atoms with E-state index >= 15 is 0 Å². The zero-order valence-corrected chi connectivity index (χ0v) is 26.2. The lowest BCUT2D eigenvalue weighted by Gasteiger charge is -2.34. The fraction of sp³-hybridized carbons (Fsp3) is 0.562. The standard InChI is InChI=1S/C32H43ClN6O4/c1-4-5-30(40)27-19-34-39(22(27)2)25-9-7-24(8-10-25)35-32(42)28-20-38(29-11-6-23(33)18-26(28)29)21-31(41)37-14-12-36(13-15-37)16-17-43-3/h6,11,18-20,24-25H,4-5,7-10,12-17,21H2,1-3H3,(H,35,42). The zero-order valence-electron chi connectivity index (χ0n) is 25.5. The number of aromatic nitrogens is 3. The maximum atomic E-state index is 13.6. The molecular weight excluding hydrogens is 568 g/mol. The second-order valence-electron chi connectivity index (χ2n) is 11.8. The summed E-state index contributed by atoms with van der Waals surface area (Å²) < 4.78 is 9.04. The Hall–Kier alpha value is -3.21. The molecule has 1 aromatic carbocycles. The van der Waals surface area contributed by atoms with Crippen molar-refractivity contribution in [3.8, 4) is 0 Å². The first-order valence-electron chi connectivity index (χ1n) is 15.4. The van der Waals surface area contributed by atoms with Crippen LogP contribution >= 0.6 is 11.6 Å². The molecule has 1 aliphatic heterocycles. The van der Waals surface area contributed by atoms with Gasteiger partial charge in [0.25, 0.3) is 5.91 Å². The number of carbonyl (C=O) groups is 3. The van der Waals surface area contributed by atoms with E-state index < -0.39 is 0 Å². The van der Waals surface area contributed by atoms with Gasteiger partial charge in [-0.15, -0.1) is 0 Å². The van der Waals surface area contributed by atoms with Crippen LogP contribution < -0.4 is 5.32 Å². The summed E-state index contributed by atoms with van der Waals surface area (Å²) in [6, 6.07) is 5.72. The van der Waals surface area contributed by atoms with Gasteiger partial charge in [-0.2, -0.15) is 5.10 Å². The van der Waals surface area contributed by atoms with Crippen LogP contribution in [0.2, 0.25) is 5.02 Å². The summed E-state index contributed by atoms with van der Waals surface area (Å²) in [6.07, 6.45) is 8.23. The van der Waals surface area contributed by atoms with Gasteiger partial charge in [0.05, 0.1) is 30.0 Å². The van der Waals surface area contributed by atoms with E-state index in [4.69, 9.17) is 16.3 Å². The van der Waals surface area contributed by atoms with Crippen molar-refractivity contribution in [2.75, 3.05) is 46.4 Å². The molecule has 2 aromatic heterocycles. The molecule has 0 radical (unpaired) electrons. The van der Waals surface area contributed by atoms with Crippen molar-refractivity contribution in [2.24, 2.45) is 0 Å². The molecule has 43 heavy (non-hydrogen) atoms. The lowest BCUT2D eigenvalue weighted by Crippen LogP contribution is -2.50. The van der Waals surface area contributed by atoms with Gasteiger partial charge in [-0.25, -0.2) is 0 Å². The molecule has 10 nitrogen and oxygen atoms in total. The number of hydrogen-bond donors (Lipinski definition) is 1. The highest BCUT2D eigenvalue weighted by Gasteiger charge is 2.28. The average molecular weight is 611 g/mol. The maximum Gasteiger partial charge on any atom is 0.253 e. The molecule has 2 aliphatic rings. The maximum absolute atomic E-state index is 13.6. The Morgan fingerprint density at radius 2 is 1.81 bits per heavy atom. The number of carbonyl (C=O) groups excluding carboxylic acids is 3. The average Bonchev–Trinajstić information content (AvgIpc) is 3.56. The summed E-state index contributed by atoms with van der Waals surface area (Å²) in [7, 11) is 1.70. The molecule has 1 aliphatic carbocycles. The zero-order chi connectivity index (χ0) is 30.5. The third kappa shape index (κ3) is 7.13. The Labute approximate surface area is 258 Å². The van der Waals surface area contributed by atoms with Crippen molar-refractivity contribution in [2.45, 2.75) is 71.0 Å². The van der Waals surface area contributed by atoms with Gasteiger partial charge < -0.3 is 19.5 Å². The van der Waals surface area contributed by atoms with Crippen molar-refractivity contribution in [3.63, 3.8) is 0 Å². The molecule has 5 rings (SSSR count). The Morgan fingerprint density at radius 1 is 1.07 bits per heavy atom. The van der Waals surface area contributed by atoms with Crippen molar-refractivity contribution in [1.82, 2.24) is 29.5 Å². The first-order chi connectivity index (χ1) is 20.8. The number of ether oxygens (including phenoxy) is 1. The number of fused-ring (bicyclic) bond motifs is 1. The molecular formula is C32H43ClN6O4. The molecule has 1 saturated carbocycles. The molecule has 0 unspecified atom stereocenters. The highest BCUT2D eigenvalue weighted by atomic mass is 35.5. The number of nitrogens with one attached hydrogen (secondary N) is 1. The number of rotatable bonds is 11. The van der Waals surface area contributed by atoms with Crippen LogP contribution in [0.15, 0.2) is 30.6 Å². The smallest absolute Gasteiger partial charge is 0.253 e. The number of amides is 2. The van der Waals surface area contributed by atoms with E-state index in [1.165, 1.54) is 0 Å². The van der Waals surface area contributed by atoms with Crippen LogP contribution in [0, 0.1) is 6.92 Å². The van der Waals surface area contributed by atoms with Crippen LogP contribution in [-0.4, -0.2) is 94.2 Å². The number of nitrogens with zero attached hydrogens (tertiary/aromatic N) is 5. The van der Waals surface area contributed by atoms with Gasteiger partial charge in [-0.05, 0) is 57.2 Å². The lowest BCUT2D eigenvalue weighted by molar-refractivity contribution is -0.133. The van der Waals surface area contributed by atoms with E-state index in [9.17, 15) is 14.4 Å². The number of piperazine rings is 1. The molecule has 1 saturated heterocycles. The van der Waals surface area contributed by atoms with E-state index in [1.807, 2.05) is 34.1 Å². The Balaban J connectivity index is 1.22. The first-order valence-corrected chi connectivity index (χ1v) is 15.8. The number of methoxy groups -OCH3 is 1. The normalized spacial score (nSPS) is 19.6. The quantitative estimate of drug-likeness (QED) is 0.321. The van der Waals surface area contributed by atoms with Gasteiger partial charge in [-0.3, -0.25) is 24.0 Å². The molecule has 1 N–H and O–H groups in total. The highest BCUT2D eigenvalue weighted by molar-refractivity contribution is 6.31. The van der Waals surface area contributed by atoms with Crippen LogP contribution in [0.25, 0.3) is 10.9 Å². The molecule has 2 fully saturated rings. The van der Waals surface area contributed by atoms with Crippen molar-refractivity contribution >= 4 is 40.1 Å². The van der Waals surface area contributed by atoms with Crippen molar-refractivity contribution < 1.29 is 19.1 Å². The van der Waals surface area contributed by atoms with Crippen LogP contribution in [-0.2, 0) is 16.1 Å². The number of halogens is 1. The monoisotopic (exact) mass is 610 g/mol. The largest absolute Gasteiger partial charge is 0.383 e. The van der Waals surface area contributed by atoms with Gasteiger partial charge in [0.2, 0.25) is 5.91 Å². The van der Waals surface area contributed by atoms with Gasteiger partial charge >= 0.3 is 0 Å². The molecule has 0 spiro atoms. The van der Waals surface area contributed by atoms with Crippen LogP contribution in [0.3, 0.4) is 0 Å². The third-order valence-corrected chi connectivity index (χ3v) is 9.17. The molecule has 0 bridgehead atoms. The molecule has 232 valence electrons. The van der Waals surface area contributed by atoms with E-state index in [0.29, 0.717) is 36.7 Å². The summed E-state index contributed by atoms with van der Waals surface area (Å²) in [5.74, 6) is 0.0297. The van der Waals surface area contributed by atoms with Gasteiger partial charge in [0.15, 0.2) is 5.78 Å². The van der Waals surface area contributed by atoms with E-state index in [0.717, 1.165) is 73.9 Å². The van der Waals surface area contributed by atoms with Crippen LogP contribution in [0.5, 0.6) is 0 Å². The second-order valence-corrected chi connectivity index (χ2v) is 12.2. The summed E-state index contributed by atoms with van der Waals surface area (Å²) >= 11 is 6.34. The first kappa shape index (κ1) is 31.2. The third-order valence-electron chi connectivity index (χ3n) is 8.93. The molecule has 0 atom stereocenters. The van der Waals surface area contributed by atoms with Crippen molar-refractivity contribution in [3.05, 3.63) is 52.4 Å². The minimum absolute atomic E-state index is 0.0365. The highest BCUT2D eigenvalue weighted by Crippen LogP contribution is 2.31. The summed E-state index contributed by atoms with van der Waals surface area (Å²) in [5.41, 5.74) is 2.99. The predicted octanol–water partition coefficient (Wildman–Crippen LogP) is 4.49. The molecule has 11 heteroatoms. The summed E-state index contributed by atoms with van der Waals surface area (Å²) in [6.45, 7) is 8.70. The minimum atomic E-state index is -0.156. The molecule has 2 amide bonds. The van der Waals surface area contributed by atoms with Crippen LogP contribution in [0.4, 0.5) is 0 Å². The predicted molar refractivity (Wildman–Crippen MR) is 167 cm³/mol. The second kappa shape index (κ2) is 14.1. The van der Waals surface area contributed by atoms with Gasteiger partial charge in [-0.1, -0.05) is 18.5 Å². The Morgan fingerprint density at radius 3 is 2.51 bits per heavy atom. The Kier molecular flexibility index (Phi) is 10.2. The summed E-state index contributed by atoms with van der Waals surface area (Å²) in [5, 5.41) is 9.07. The number of hydrogen-bond acceptors (Lipinski definition) is 6. The lowest BCUT2D eigenvalue weighted by atomic mass is 9.90. The number of benzene rings is 1. The van der Waals surface area contributed by atoms with E-state index in [1.54, 1.807) is 31.6 Å². The minimum Gasteiger partial charge on any atom is -0.383 e. The summed E-state index contributed by atoms with van der Waals surface area (Å²) in [4.78, 5) is 43.5. The van der Waals surface area contributed by atoms with Gasteiger partial charge in [0, 0.05) is 80.1 Å². The topological polar surface area (TPSA) is 102 Å². The number of ketones is 1. The van der Waals surface area contributed by atoms with Crippen LogP contribution in [0.1, 0.15) is 77.9 Å². The SMILES string of the molecule is CCCC(=O)c1cnn(C2CCC(NC(=O)c3cn(CC(=O)N4CCN(CCOC)CC4)c4ccc(Cl)cc34)CC2)c1C. The fourth-order valence-corrected chi connectivity index (χ4v) is 6.60. The Bertz CT molecular complexity index is 1450. The van der Waals surface area contributed by atoms with E-state index in [2.05, 4.69) is 15.3 Å². The number of Topliss-reactive ketones (excluding diaryl/α,β-unsaturated/α-hetero) is 1.